The zero-order chi connectivity index (χ0) is 13.7. The summed E-state index contributed by atoms with van der Waals surface area (Å²) >= 11 is 0. The molecule has 0 aliphatic heterocycles. The van der Waals surface area contributed by atoms with Crippen molar-refractivity contribution in [2.24, 2.45) is 5.92 Å². The number of nitrogens with zero attached hydrogens (tertiary/aromatic N) is 1. The first-order valence-corrected chi connectivity index (χ1v) is 6.23. The first-order valence-electron chi connectivity index (χ1n) is 6.23. The van der Waals surface area contributed by atoms with Gasteiger partial charge in [0.2, 0.25) is 5.91 Å². The highest BCUT2D eigenvalue weighted by Crippen LogP contribution is 2.19. The summed E-state index contributed by atoms with van der Waals surface area (Å²) in [6.45, 7) is 7.51. The molecule has 0 spiro atoms. The minimum Gasteiger partial charge on any atom is -0.397 e. The predicted molar refractivity (Wildman–Crippen MR) is 76.6 cm³/mol. The smallest absolute Gasteiger partial charge is 0.238 e. The number of rotatable bonds is 5. The third-order valence-electron chi connectivity index (χ3n) is 2.57. The van der Waals surface area contributed by atoms with E-state index in [2.05, 4.69) is 19.2 Å². The van der Waals surface area contributed by atoms with Crippen molar-refractivity contribution < 1.29 is 4.79 Å². The van der Waals surface area contributed by atoms with Crippen molar-refractivity contribution in [2.75, 3.05) is 31.2 Å². The lowest BCUT2D eigenvalue weighted by Crippen LogP contribution is -2.32. The van der Waals surface area contributed by atoms with E-state index in [1.807, 2.05) is 37.1 Å². The fraction of sp³-hybridized carbons (Fsp3) is 0.500. The summed E-state index contributed by atoms with van der Waals surface area (Å²) in [5.74, 6) is 0.515. The second-order valence-corrected chi connectivity index (χ2v) is 5.23. The van der Waals surface area contributed by atoms with E-state index in [4.69, 9.17) is 5.73 Å². The molecule has 0 fully saturated rings. The lowest BCUT2D eigenvalue weighted by molar-refractivity contribution is -0.117. The fourth-order valence-electron chi connectivity index (χ4n) is 1.92. The number of nitrogen functional groups attached to an aromatic ring is 1. The van der Waals surface area contributed by atoms with Gasteiger partial charge in [0.05, 0.1) is 17.9 Å². The molecule has 18 heavy (non-hydrogen) atoms. The summed E-state index contributed by atoms with van der Waals surface area (Å²) in [4.78, 5) is 13.8. The van der Waals surface area contributed by atoms with E-state index in [1.54, 1.807) is 0 Å². The SMILES string of the molecule is Cc1ccc(NC(=O)CN(C)CC(C)C)c(N)c1. The number of nitrogens with one attached hydrogen (secondary N) is 1. The Balaban J connectivity index is 2.54. The van der Waals surface area contributed by atoms with Crippen LogP contribution in [0.1, 0.15) is 19.4 Å². The molecular formula is C14H23N3O. The molecule has 1 aromatic rings. The number of anilines is 2. The highest BCUT2D eigenvalue weighted by Gasteiger charge is 2.09. The Bertz CT molecular complexity index is 416. The molecule has 4 heteroatoms. The second-order valence-electron chi connectivity index (χ2n) is 5.23. The van der Waals surface area contributed by atoms with Crippen LogP contribution < -0.4 is 11.1 Å². The van der Waals surface area contributed by atoms with Crippen molar-refractivity contribution in [3.63, 3.8) is 0 Å². The number of aryl methyl sites for hydroxylation is 1. The number of benzene rings is 1. The van der Waals surface area contributed by atoms with Gasteiger partial charge in [-0.25, -0.2) is 0 Å². The molecule has 0 unspecified atom stereocenters. The number of carbonyl (C=O) groups is 1. The quantitative estimate of drug-likeness (QED) is 0.786. The fourth-order valence-corrected chi connectivity index (χ4v) is 1.92. The van der Waals surface area contributed by atoms with Crippen molar-refractivity contribution in [1.82, 2.24) is 4.90 Å². The van der Waals surface area contributed by atoms with Gasteiger partial charge in [-0.05, 0) is 37.6 Å². The number of hydrogen-bond acceptors (Lipinski definition) is 3. The molecule has 1 rings (SSSR count). The normalized spacial score (nSPS) is 11.0. The van der Waals surface area contributed by atoms with E-state index in [0.29, 0.717) is 23.8 Å². The maximum Gasteiger partial charge on any atom is 0.238 e. The molecule has 0 bridgehead atoms. The summed E-state index contributed by atoms with van der Waals surface area (Å²) < 4.78 is 0. The molecule has 1 amide bonds. The topological polar surface area (TPSA) is 58.4 Å². The first-order chi connectivity index (χ1) is 8.38. The van der Waals surface area contributed by atoms with Gasteiger partial charge < -0.3 is 11.1 Å². The van der Waals surface area contributed by atoms with Gasteiger partial charge in [-0.3, -0.25) is 9.69 Å². The molecule has 4 nitrogen and oxygen atoms in total. The maximum absolute atomic E-state index is 11.8. The Hall–Kier alpha value is -1.55. The molecule has 1 aromatic carbocycles. The third kappa shape index (κ3) is 4.75. The van der Waals surface area contributed by atoms with Crippen molar-refractivity contribution in [3.8, 4) is 0 Å². The van der Waals surface area contributed by atoms with Crippen LogP contribution in [0.2, 0.25) is 0 Å². The molecule has 0 radical (unpaired) electrons. The molecule has 0 aromatic heterocycles. The van der Waals surface area contributed by atoms with Crippen LogP contribution >= 0.6 is 0 Å². The minimum atomic E-state index is -0.0336. The Kier molecular flexibility index (Phi) is 5.16. The molecule has 3 N–H and O–H groups in total. The molecule has 0 aliphatic carbocycles. The van der Waals surface area contributed by atoms with Crippen LogP contribution in [-0.2, 0) is 4.79 Å². The molecule has 0 atom stereocenters. The van der Waals surface area contributed by atoms with Crippen LogP contribution in [0, 0.1) is 12.8 Å². The van der Waals surface area contributed by atoms with E-state index >= 15 is 0 Å². The molecule has 0 heterocycles. The Morgan fingerprint density at radius 2 is 2.11 bits per heavy atom. The van der Waals surface area contributed by atoms with Crippen LogP contribution in [0.15, 0.2) is 18.2 Å². The molecule has 0 saturated carbocycles. The monoisotopic (exact) mass is 249 g/mol. The van der Waals surface area contributed by atoms with Gasteiger partial charge in [0, 0.05) is 6.54 Å². The summed E-state index contributed by atoms with van der Waals surface area (Å²) in [6, 6.07) is 5.63. The van der Waals surface area contributed by atoms with Crippen LogP contribution in [0.4, 0.5) is 11.4 Å². The van der Waals surface area contributed by atoms with E-state index in [0.717, 1.165) is 12.1 Å². The van der Waals surface area contributed by atoms with Gasteiger partial charge in [0.1, 0.15) is 0 Å². The lowest BCUT2D eigenvalue weighted by atomic mass is 10.2. The van der Waals surface area contributed by atoms with Crippen LogP contribution in [0.5, 0.6) is 0 Å². The minimum absolute atomic E-state index is 0.0336. The Morgan fingerprint density at radius 1 is 1.44 bits per heavy atom. The van der Waals surface area contributed by atoms with Gasteiger partial charge in [-0.1, -0.05) is 19.9 Å². The summed E-state index contributed by atoms with van der Waals surface area (Å²) in [6.07, 6.45) is 0. The molecule has 0 aliphatic rings. The van der Waals surface area contributed by atoms with Gasteiger partial charge in [-0.2, -0.15) is 0 Å². The average molecular weight is 249 g/mol. The van der Waals surface area contributed by atoms with Gasteiger partial charge in [0.25, 0.3) is 0 Å². The largest absolute Gasteiger partial charge is 0.397 e. The molecule has 100 valence electrons. The van der Waals surface area contributed by atoms with E-state index < -0.39 is 0 Å². The molecule has 0 saturated heterocycles. The number of likely N-dealkylation sites (N-methyl/N-ethyl adjacent to an activating group) is 1. The zero-order valence-electron chi connectivity index (χ0n) is 11.7. The van der Waals surface area contributed by atoms with Crippen LogP contribution in [0.3, 0.4) is 0 Å². The van der Waals surface area contributed by atoms with Crippen molar-refractivity contribution in [3.05, 3.63) is 23.8 Å². The van der Waals surface area contributed by atoms with Crippen molar-refractivity contribution in [1.29, 1.82) is 0 Å². The second kappa shape index (κ2) is 6.40. The summed E-state index contributed by atoms with van der Waals surface area (Å²) in [5, 5.41) is 2.84. The lowest BCUT2D eigenvalue weighted by Gasteiger charge is -2.18. The third-order valence-corrected chi connectivity index (χ3v) is 2.57. The number of amides is 1. The van der Waals surface area contributed by atoms with Gasteiger partial charge in [-0.15, -0.1) is 0 Å². The van der Waals surface area contributed by atoms with Gasteiger partial charge >= 0.3 is 0 Å². The highest BCUT2D eigenvalue weighted by molar-refractivity contribution is 5.95. The van der Waals surface area contributed by atoms with Crippen LogP contribution in [0.25, 0.3) is 0 Å². The van der Waals surface area contributed by atoms with Crippen molar-refractivity contribution >= 4 is 17.3 Å². The maximum atomic E-state index is 11.8. The van der Waals surface area contributed by atoms with Crippen molar-refractivity contribution in [2.45, 2.75) is 20.8 Å². The highest BCUT2D eigenvalue weighted by atomic mass is 16.2. The van der Waals surface area contributed by atoms with Crippen LogP contribution in [-0.4, -0.2) is 30.9 Å². The number of hydrogen-bond donors (Lipinski definition) is 2. The number of carbonyl (C=O) groups excluding carboxylic acids is 1. The zero-order valence-corrected chi connectivity index (χ0v) is 11.7. The Labute approximate surface area is 109 Å². The van der Waals surface area contributed by atoms with E-state index in [-0.39, 0.29) is 5.91 Å². The van der Waals surface area contributed by atoms with E-state index in [1.165, 1.54) is 0 Å². The first kappa shape index (κ1) is 14.5. The average Bonchev–Trinajstić information content (AvgIpc) is 2.20. The van der Waals surface area contributed by atoms with E-state index in [9.17, 15) is 4.79 Å². The standard InChI is InChI=1S/C14H23N3O/c1-10(2)8-17(4)9-14(18)16-13-6-5-11(3)7-12(13)15/h5-7,10H,8-9,15H2,1-4H3,(H,16,18). The summed E-state index contributed by atoms with van der Waals surface area (Å²) in [5.41, 5.74) is 8.23. The van der Waals surface area contributed by atoms with Gasteiger partial charge in [0.15, 0.2) is 0 Å². The number of nitrogens with two attached hydrogens (primary N) is 1. The molecular weight excluding hydrogens is 226 g/mol. The summed E-state index contributed by atoms with van der Waals surface area (Å²) in [7, 11) is 1.94. The Morgan fingerprint density at radius 3 is 2.67 bits per heavy atom. The predicted octanol–water partition coefficient (Wildman–Crippen LogP) is 2.10.